The molecular weight excluding hydrogens is 323 g/mol. The Kier molecular flexibility index (Phi) is 5.10. The Hall–Kier alpha value is -1.20. The molecule has 2 N–H and O–H groups in total. The monoisotopic (exact) mass is 333 g/mol. The summed E-state index contributed by atoms with van der Waals surface area (Å²) in [5.41, 5.74) is -4.44. The molecule has 0 aliphatic heterocycles. The lowest BCUT2D eigenvalue weighted by atomic mass is 10.4. The van der Waals surface area contributed by atoms with E-state index in [4.69, 9.17) is 9.52 Å². The summed E-state index contributed by atoms with van der Waals surface area (Å²) in [4.78, 5) is 10.2. The van der Waals surface area contributed by atoms with Crippen LogP contribution in [0.4, 0.5) is 13.2 Å². The molecule has 0 radical (unpaired) electrons. The average molecular weight is 333 g/mol. The number of rotatable bonds is 6. The summed E-state index contributed by atoms with van der Waals surface area (Å²) in [6.45, 7) is 0.797. The van der Waals surface area contributed by atoms with Gasteiger partial charge < -0.3 is 9.52 Å². The van der Waals surface area contributed by atoms with Gasteiger partial charge in [-0.2, -0.15) is 13.2 Å². The lowest BCUT2D eigenvalue weighted by Crippen LogP contribution is -2.27. The molecule has 0 saturated carbocycles. The number of carbonyl (C=O) groups is 1. The predicted molar refractivity (Wildman–Crippen MR) is 64.1 cm³/mol. The first-order chi connectivity index (χ1) is 9.03. The van der Waals surface area contributed by atoms with E-state index in [0.717, 1.165) is 6.07 Å². The van der Waals surface area contributed by atoms with Crippen LogP contribution in [-0.4, -0.2) is 37.3 Å². The molecule has 114 valence electrons. The molecule has 1 aromatic rings. The highest BCUT2D eigenvalue weighted by atomic mass is 32.2. The van der Waals surface area contributed by atoms with Crippen molar-refractivity contribution >= 4 is 27.8 Å². The predicted octanol–water partition coefficient (Wildman–Crippen LogP) is 1.82. The van der Waals surface area contributed by atoms with Crippen LogP contribution in [0, 0.1) is 6.92 Å². The molecule has 0 spiro atoms. The fraction of sp³-hybridized carbons (Fsp3) is 0.444. The van der Waals surface area contributed by atoms with Gasteiger partial charge in [-0.3, -0.25) is 0 Å². The number of furan rings is 1. The van der Waals surface area contributed by atoms with Gasteiger partial charge in [0.05, 0.1) is 0 Å². The van der Waals surface area contributed by atoms with Crippen molar-refractivity contribution in [1.29, 1.82) is 0 Å². The van der Waals surface area contributed by atoms with E-state index in [2.05, 4.69) is 0 Å². The Morgan fingerprint density at radius 1 is 1.50 bits per heavy atom. The Morgan fingerprint density at radius 3 is 2.55 bits per heavy atom. The summed E-state index contributed by atoms with van der Waals surface area (Å²) in [6, 6.07) is 0.802. The van der Waals surface area contributed by atoms with E-state index in [1.165, 1.54) is 6.92 Å². The highest BCUT2D eigenvalue weighted by Crippen LogP contribution is 2.29. The molecule has 20 heavy (non-hydrogen) atoms. The van der Waals surface area contributed by atoms with Crippen molar-refractivity contribution in [3.8, 4) is 0 Å². The first-order valence-electron chi connectivity index (χ1n) is 5.07. The molecule has 0 aliphatic rings. The second-order valence-electron chi connectivity index (χ2n) is 3.53. The third-order valence-electron chi connectivity index (χ3n) is 2.03. The maximum Gasteiger partial charge on any atom is 0.441 e. The number of alkyl halides is 3. The zero-order valence-electron chi connectivity index (χ0n) is 10.0. The van der Waals surface area contributed by atoms with E-state index in [9.17, 15) is 26.4 Å². The number of halogens is 3. The molecule has 11 heteroatoms. The first-order valence-corrected chi connectivity index (χ1v) is 7.54. The molecule has 0 saturated heterocycles. The second-order valence-corrected chi connectivity index (χ2v) is 6.42. The summed E-state index contributed by atoms with van der Waals surface area (Å²) < 4.78 is 65.8. The van der Waals surface area contributed by atoms with Crippen LogP contribution in [0.5, 0.6) is 0 Å². The van der Waals surface area contributed by atoms with Crippen LogP contribution >= 0.6 is 11.8 Å². The van der Waals surface area contributed by atoms with Gasteiger partial charge in [0, 0.05) is 18.4 Å². The van der Waals surface area contributed by atoms with E-state index in [-0.39, 0.29) is 17.5 Å². The van der Waals surface area contributed by atoms with Gasteiger partial charge in [0.1, 0.15) is 10.7 Å². The maximum atomic E-state index is 11.9. The van der Waals surface area contributed by atoms with Crippen LogP contribution in [0.3, 0.4) is 0 Å². The largest absolute Gasteiger partial charge is 0.475 e. The van der Waals surface area contributed by atoms with Crippen molar-refractivity contribution < 1.29 is 35.9 Å². The van der Waals surface area contributed by atoms with E-state index in [1.807, 2.05) is 4.72 Å². The van der Waals surface area contributed by atoms with Crippen molar-refractivity contribution in [3.05, 3.63) is 17.6 Å². The third-order valence-corrected chi connectivity index (χ3v) is 4.34. The van der Waals surface area contributed by atoms with Crippen molar-refractivity contribution in [2.45, 2.75) is 17.3 Å². The standard InChI is InChI=1S/C9H10F3NO5S2/c1-5-7(4-6(18-5)8(14)15)20(16,17)13-2-3-19-9(10,11)12/h4,13H,2-3H2,1H3,(H,14,15). The molecule has 0 aromatic carbocycles. The molecule has 0 fully saturated rings. The molecule has 1 heterocycles. The molecule has 0 amide bonds. The average Bonchev–Trinajstić information content (AvgIpc) is 2.66. The number of thioether (sulfide) groups is 1. The summed E-state index contributed by atoms with van der Waals surface area (Å²) in [7, 11) is -4.11. The second kappa shape index (κ2) is 6.06. The molecular formula is C9H10F3NO5S2. The van der Waals surface area contributed by atoms with Crippen LogP contribution in [0.2, 0.25) is 0 Å². The fourth-order valence-electron chi connectivity index (χ4n) is 1.26. The van der Waals surface area contributed by atoms with Gasteiger partial charge in [-0.05, 0) is 18.7 Å². The number of hydrogen-bond acceptors (Lipinski definition) is 5. The van der Waals surface area contributed by atoms with Crippen LogP contribution in [0.25, 0.3) is 0 Å². The van der Waals surface area contributed by atoms with E-state index in [0.29, 0.717) is 0 Å². The normalized spacial score (nSPS) is 12.6. The highest BCUT2D eigenvalue weighted by molar-refractivity contribution is 8.00. The minimum absolute atomic E-state index is 0.154. The van der Waals surface area contributed by atoms with Crippen molar-refractivity contribution in [2.75, 3.05) is 12.3 Å². The Balaban J connectivity index is 2.72. The summed E-state index contributed by atoms with van der Waals surface area (Å²) in [5, 5.41) is 8.65. The molecule has 6 nitrogen and oxygen atoms in total. The molecule has 0 atom stereocenters. The summed E-state index contributed by atoms with van der Waals surface area (Å²) >= 11 is -0.361. The maximum absolute atomic E-state index is 11.9. The first kappa shape index (κ1) is 16.9. The van der Waals surface area contributed by atoms with Crippen LogP contribution < -0.4 is 4.72 Å². The van der Waals surface area contributed by atoms with E-state index < -0.39 is 44.5 Å². The summed E-state index contributed by atoms with van der Waals surface area (Å²) in [5.74, 6) is -2.65. The number of aromatic carboxylic acids is 1. The lowest BCUT2D eigenvalue weighted by molar-refractivity contribution is -0.0327. The van der Waals surface area contributed by atoms with Gasteiger partial charge in [0.2, 0.25) is 15.8 Å². The lowest BCUT2D eigenvalue weighted by Gasteiger charge is -2.07. The van der Waals surface area contributed by atoms with Gasteiger partial charge in [0.15, 0.2) is 0 Å². The zero-order valence-corrected chi connectivity index (χ0v) is 11.7. The Morgan fingerprint density at radius 2 is 2.10 bits per heavy atom. The number of hydrogen-bond donors (Lipinski definition) is 2. The van der Waals surface area contributed by atoms with Gasteiger partial charge in [-0.1, -0.05) is 0 Å². The highest BCUT2D eigenvalue weighted by Gasteiger charge is 2.28. The fourth-order valence-corrected chi connectivity index (χ4v) is 3.03. The molecule has 1 rings (SSSR count). The number of sulfonamides is 1. The van der Waals surface area contributed by atoms with Crippen molar-refractivity contribution in [2.24, 2.45) is 0 Å². The quantitative estimate of drug-likeness (QED) is 0.771. The van der Waals surface area contributed by atoms with Gasteiger partial charge in [-0.25, -0.2) is 17.9 Å². The molecule has 1 aromatic heterocycles. The number of carboxylic acid groups (broad SMARTS) is 1. The smallest absolute Gasteiger partial charge is 0.441 e. The Bertz CT molecular complexity index is 593. The molecule has 0 unspecified atom stereocenters. The number of aryl methyl sites for hydroxylation is 1. The minimum Gasteiger partial charge on any atom is -0.475 e. The van der Waals surface area contributed by atoms with Gasteiger partial charge >= 0.3 is 11.5 Å². The number of nitrogens with one attached hydrogen (secondary N) is 1. The topological polar surface area (TPSA) is 96.6 Å². The zero-order chi connectivity index (χ0) is 15.6. The Labute approximate surface area is 116 Å². The van der Waals surface area contributed by atoms with Gasteiger partial charge in [-0.15, -0.1) is 0 Å². The minimum atomic E-state index is -4.44. The van der Waals surface area contributed by atoms with E-state index >= 15 is 0 Å². The molecule has 0 bridgehead atoms. The SMILES string of the molecule is Cc1oc(C(=O)O)cc1S(=O)(=O)NCCSC(F)(F)F. The number of carboxylic acids is 1. The van der Waals surface area contributed by atoms with Crippen LogP contribution in [-0.2, 0) is 10.0 Å². The van der Waals surface area contributed by atoms with Crippen molar-refractivity contribution in [1.82, 2.24) is 4.72 Å². The third kappa shape index (κ3) is 4.72. The van der Waals surface area contributed by atoms with Gasteiger partial charge in [0.25, 0.3) is 0 Å². The van der Waals surface area contributed by atoms with E-state index in [1.54, 1.807) is 0 Å². The summed E-state index contributed by atoms with van der Waals surface area (Å²) in [6.07, 6.45) is 0. The van der Waals surface area contributed by atoms with Crippen LogP contribution in [0.1, 0.15) is 16.3 Å². The molecule has 0 aliphatic carbocycles. The van der Waals surface area contributed by atoms with Crippen LogP contribution in [0.15, 0.2) is 15.4 Å². The van der Waals surface area contributed by atoms with Crippen molar-refractivity contribution in [3.63, 3.8) is 0 Å².